The Morgan fingerprint density at radius 1 is 1.17 bits per heavy atom. The minimum atomic E-state index is 0.206. The van der Waals surface area contributed by atoms with E-state index in [2.05, 4.69) is 34.0 Å². The van der Waals surface area contributed by atoms with Crippen molar-refractivity contribution in [2.45, 2.75) is 12.8 Å². The van der Waals surface area contributed by atoms with Crippen LogP contribution < -0.4 is 0 Å². The van der Waals surface area contributed by atoms with E-state index in [1.54, 1.807) is 6.20 Å². The maximum atomic E-state index is 5.83. The lowest BCUT2D eigenvalue weighted by Gasteiger charge is -2.12. The number of nitrogens with zero attached hydrogens (tertiary/aromatic N) is 2. The van der Waals surface area contributed by atoms with Crippen molar-refractivity contribution in [3.05, 3.63) is 59.3 Å². The predicted octanol–water partition coefficient (Wildman–Crippen LogP) is 3.76. The molecule has 1 N–H and O–H groups in total. The SMILES string of the molecule is CC(c1cnc(Cl)[nH]1)c1cccc2ncccc12. The molecule has 0 bridgehead atoms. The second kappa shape index (κ2) is 4.42. The first-order valence-corrected chi connectivity index (χ1v) is 6.17. The zero-order valence-corrected chi connectivity index (χ0v) is 10.6. The Hall–Kier alpha value is -1.87. The van der Waals surface area contributed by atoms with Crippen LogP contribution in [0.3, 0.4) is 0 Å². The predicted molar refractivity (Wildman–Crippen MR) is 72.9 cm³/mol. The molecule has 0 saturated heterocycles. The van der Waals surface area contributed by atoms with Gasteiger partial charge in [-0.2, -0.15) is 0 Å². The molecule has 1 atom stereocenters. The van der Waals surface area contributed by atoms with E-state index in [1.807, 2.05) is 24.4 Å². The summed E-state index contributed by atoms with van der Waals surface area (Å²) >= 11 is 5.83. The number of hydrogen-bond acceptors (Lipinski definition) is 2. The summed E-state index contributed by atoms with van der Waals surface area (Å²) in [6.45, 7) is 2.13. The number of nitrogens with one attached hydrogen (secondary N) is 1. The fraction of sp³-hybridized carbons (Fsp3) is 0.143. The molecule has 3 aromatic rings. The van der Waals surface area contributed by atoms with E-state index in [-0.39, 0.29) is 5.92 Å². The van der Waals surface area contributed by atoms with Gasteiger partial charge in [0.25, 0.3) is 0 Å². The van der Waals surface area contributed by atoms with E-state index < -0.39 is 0 Å². The average Bonchev–Trinajstić information content (AvgIpc) is 2.84. The highest BCUT2D eigenvalue weighted by atomic mass is 35.5. The zero-order valence-electron chi connectivity index (χ0n) is 9.89. The van der Waals surface area contributed by atoms with Crippen LogP contribution in [0, 0.1) is 0 Å². The molecular formula is C14H12ClN3. The van der Waals surface area contributed by atoms with Crippen LogP contribution in [0.4, 0.5) is 0 Å². The van der Waals surface area contributed by atoms with Gasteiger partial charge in [-0.05, 0) is 29.3 Å². The lowest BCUT2D eigenvalue weighted by molar-refractivity contribution is 0.892. The maximum Gasteiger partial charge on any atom is 0.200 e. The highest BCUT2D eigenvalue weighted by Gasteiger charge is 2.13. The molecule has 2 heterocycles. The van der Waals surface area contributed by atoms with Gasteiger partial charge in [-0.25, -0.2) is 4.98 Å². The number of aromatic nitrogens is 3. The molecule has 90 valence electrons. The lowest BCUT2D eigenvalue weighted by Crippen LogP contribution is -1.97. The number of halogens is 1. The number of benzene rings is 1. The van der Waals surface area contributed by atoms with Crippen molar-refractivity contribution >= 4 is 22.5 Å². The molecule has 18 heavy (non-hydrogen) atoms. The van der Waals surface area contributed by atoms with Crippen molar-refractivity contribution in [1.29, 1.82) is 0 Å². The van der Waals surface area contributed by atoms with Crippen molar-refractivity contribution in [2.75, 3.05) is 0 Å². The van der Waals surface area contributed by atoms with E-state index >= 15 is 0 Å². The maximum absolute atomic E-state index is 5.83. The van der Waals surface area contributed by atoms with Crippen LogP contribution in [0.5, 0.6) is 0 Å². The molecule has 1 aromatic carbocycles. The quantitative estimate of drug-likeness (QED) is 0.759. The number of aromatic amines is 1. The van der Waals surface area contributed by atoms with E-state index in [4.69, 9.17) is 11.6 Å². The average molecular weight is 258 g/mol. The fourth-order valence-corrected chi connectivity index (χ4v) is 2.36. The smallest absolute Gasteiger partial charge is 0.200 e. The highest BCUT2D eigenvalue weighted by molar-refractivity contribution is 6.28. The van der Waals surface area contributed by atoms with Gasteiger partial charge in [-0.3, -0.25) is 4.98 Å². The molecule has 0 aliphatic rings. The first-order chi connectivity index (χ1) is 8.75. The summed E-state index contributed by atoms with van der Waals surface area (Å²) in [6.07, 6.45) is 3.59. The highest BCUT2D eigenvalue weighted by Crippen LogP contribution is 2.29. The van der Waals surface area contributed by atoms with E-state index in [0.29, 0.717) is 5.28 Å². The lowest BCUT2D eigenvalue weighted by atomic mass is 9.94. The number of fused-ring (bicyclic) bond motifs is 1. The molecule has 3 rings (SSSR count). The van der Waals surface area contributed by atoms with Crippen molar-refractivity contribution < 1.29 is 0 Å². The van der Waals surface area contributed by atoms with Gasteiger partial charge in [0, 0.05) is 23.2 Å². The Morgan fingerprint density at radius 3 is 2.83 bits per heavy atom. The summed E-state index contributed by atoms with van der Waals surface area (Å²) < 4.78 is 0. The molecule has 4 heteroatoms. The molecule has 0 spiro atoms. The van der Waals surface area contributed by atoms with Crippen molar-refractivity contribution in [3.63, 3.8) is 0 Å². The van der Waals surface area contributed by atoms with Crippen LogP contribution in [0.2, 0.25) is 5.28 Å². The van der Waals surface area contributed by atoms with Crippen molar-refractivity contribution in [2.24, 2.45) is 0 Å². The normalized spacial score (nSPS) is 12.8. The van der Waals surface area contributed by atoms with Crippen LogP contribution >= 0.6 is 11.6 Å². The summed E-state index contributed by atoms with van der Waals surface area (Å²) in [7, 11) is 0. The Kier molecular flexibility index (Phi) is 2.76. The largest absolute Gasteiger partial charge is 0.332 e. The summed E-state index contributed by atoms with van der Waals surface area (Å²) in [5.41, 5.74) is 3.24. The van der Waals surface area contributed by atoms with E-state index in [9.17, 15) is 0 Å². The first-order valence-electron chi connectivity index (χ1n) is 5.80. The van der Waals surface area contributed by atoms with Gasteiger partial charge < -0.3 is 4.98 Å². The molecule has 0 saturated carbocycles. The van der Waals surface area contributed by atoms with Gasteiger partial charge in [0.15, 0.2) is 5.28 Å². The van der Waals surface area contributed by atoms with Gasteiger partial charge in [-0.15, -0.1) is 0 Å². The summed E-state index contributed by atoms with van der Waals surface area (Å²) in [6, 6.07) is 10.2. The van der Waals surface area contributed by atoms with Gasteiger partial charge in [0.2, 0.25) is 0 Å². The van der Waals surface area contributed by atoms with Gasteiger partial charge in [0.05, 0.1) is 11.7 Å². The molecule has 0 amide bonds. The minimum absolute atomic E-state index is 0.206. The van der Waals surface area contributed by atoms with Gasteiger partial charge in [0.1, 0.15) is 0 Å². The van der Waals surface area contributed by atoms with Crippen LogP contribution in [0.25, 0.3) is 10.9 Å². The van der Waals surface area contributed by atoms with E-state index in [1.165, 1.54) is 10.9 Å². The van der Waals surface area contributed by atoms with E-state index in [0.717, 1.165) is 11.2 Å². The van der Waals surface area contributed by atoms with Gasteiger partial charge in [-0.1, -0.05) is 25.1 Å². The third-order valence-corrected chi connectivity index (χ3v) is 3.37. The summed E-state index contributed by atoms with van der Waals surface area (Å²) in [4.78, 5) is 11.5. The second-order valence-corrected chi connectivity index (χ2v) is 4.63. The third-order valence-electron chi connectivity index (χ3n) is 3.18. The zero-order chi connectivity index (χ0) is 12.5. The molecule has 0 aliphatic carbocycles. The second-order valence-electron chi connectivity index (χ2n) is 4.27. The van der Waals surface area contributed by atoms with Crippen LogP contribution in [0.15, 0.2) is 42.7 Å². The van der Waals surface area contributed by atoms with Crippen LogP contribution in [-0.2, 0) is 0 Å². The van der Waals surface area contributed by atoms with Gasteiger partial charge >= 0.3 is 0 Å². The minimum Gasteiger partial charge on any atom is -0.332 e. The Balaban J connectivity index is 2.14. The Bertz CT molecular complexity index is 685. The molecule has 0 radical (unpaired) electrons. The number of rotatable bonds is 2. The summed E-state index contributed by atoms with van der Waals surface area (Å²) in [5.74, 6) is 0.206. The third kappa shape index (κ3) is 1.87. The first kappa shape index (κ1) is 11.2. The molecule has 0 aliphatic heterocycles. The number of H-pyrrole nitrogens is 1. The number of imidazole rings is 1. The van der Waals surface area contributed by atoms with Crippen LogP contribution in [0.1, 0.15) is 24.1 Å². The fourth-order valence-electron chi connectivity index (χ4n) is 2.20. The molecule has 2 aromatic heterocycles. The Morgan fingerprint density at radius 2 is 2.06 bits per heavy atom. The molecule has 1 unspecified atom stereocenters. The monoisotopic (exact) mass is 257 g/mol. The molecule has 0 fully saturated rings. The van der Waals surface area contributed by atoms with Crippen LogP contribution in [-0.4, -0.2) is 15.0 Å². The standard InChI is InChI=1S/C14H12ClN3/c1-9(13-8-17-14(15)18-13)10-4-2-6-12-11(10)5-3-7-16-12/h2-9H,1H3,(H,17,18). The molecule has 3 nitrogen and oxygen atoms in total. The van der Waals surface area contributed by atoms with Crippen molar-refractivity contribution in [3.8, 4) is 0 Å². The topological polar surface area (TPSA) is 41.6 Å². The summed E-state index contributed by atoms with van der Waals surface area (Å²) in [5, 5.41) is 1.59. The molecular weight excluding hydrogens is 246 g/mol. The van der Waals surface area contributed by atoms with Crippen molar-refractivity contribution in [1.82, 2.24) is 15.0 Å². The number of pyridine rings is 1. The Labute approximate surface area is 110 Å². The number of hydrogen-bond donors (Lipinski definition) is 1.